The quantitative estimate of drug-likeness (QED) is 0.709. The lowest BCUT2D eigenvalue weighted by Crippen LogP contribution is -2.30. The van der Waals surface area contributed by atoms with E-state index in [2.05, 4.69) is 4.90 Å². The molecule has 0 spiro atoms. The van der Waals surface area contributed by atoms with Crippen molar-refractivity contribution in [2.45, 2.75) is 13.8 Å². The van der Waals surface area contributed by atoms with Gasteiger partial charge < -0.3 is 10.0 Å². The van der Waals surface area contributed by atoms with E-state index in [1.807, 2.05) is 38.1 Å². The highest BCUT2D eigenvalue weighted by Gasteiger charge is 2.43. The summed E-state index contributed by atoms with van der Waals surface area (Å²) < 4.78 is 0. The summed E-state index contributed by atoms with van der Waals surface area (Å²) in [5.74, 6) is -1.02. The number of carbonyl (C=O) groups is 2. The molecule has 1 aliphatic rings. The zero-order valence-corrected chi connectivity index (χ0v) is 15.3. The smallest absolute Gasteiger partial charge is 0.270 e. The summed E-state index contributed by atoms with van der Waals surface area (Å²) in [4.78, 5) is 29.7. The summed E-state index contributed by atoms with van der Waals surface area (Å²) in [6.07, 6.45) is 0. The van der Waals surface area contributed by atoms with Crippen LogP contribution in [0.1, 0.15) is 34.6 Å². The highest BCUT2D eigenvalue weighted by atomic mass is 16.3. The molecule has 5 heteroatoms. The number of rotatable bonds is 4. The van der Waals surface area contributed by atoms with E-state index in [4.69, 9.17) is 0 Å². The maximum absolute atomic E-state index is 13.3. The van der Waals surface area contributed by atoms with Crippen molar-refractivity contribution in [2.24, 2.45) is 0 Å². The lowest BCUT2D eigenvalue weighted by atomic mass is 9.97. The number of amides is 2. The summed E-state index contributed by atoms with van der Waals surface area (Å²) in [7, 11) is 0. The zero-order valence-electron chi connectivity index (χ0n) is 15.3. The summed E-state index contributed by atoms with van der Waals surface area (Å²) in [5, 5.41) is 12.2. The predicted molar refractivity (Wildman–Crippen MR) is 107 cm³/mol. The Morgan fingerprint density at radius 3 is 2.00 bits per heavy atom. The molecule has 4 rings (SSSR count). The van der Waals surface area contributed by atoms with Gasteiger partial charge in [0.1, 0.15) is 5.75 Å². The fourth-order valence-corrected chi connectivity index (χ4v) is 3.81. The van der Waals surface area contributed by atoms with Crippen LogP contribution in [-0.4, -0.2) is 30.0 Å². The molecule has 0 unspecified atom stereocenters. The van der Waals surface area contributed by atoms with Crippen molar-refractivity contribution in [3.05, 3.63) is 65.7 Å². The lowest BCUT2D eigenvalue weighted by Gasteiger charge is -2.25. The number of carbonyl (C=O) groups excluding carboxylic acids is 2. The van der Waals surface area contributed by atoms with Gasteiger partial charge >= 0.3 is 0 Å². The van der Waals surface area contributed by atoms with E-state index in [1.165, 1.54) is 0 Å². The number of anilines is 2. The van der Waals surface area contributed by atoms with Crippen LogP contribution < -0.4 is 9.80 Å². The minimum Gasteiger partial charge on any atom is -0.506 e. The molecule has 27 heavy (non-hydrogen) atoms. The van der Waals surface area contributed by atoms with Crippen molar-refractivity contribution in [1.29, 1.82) is 0 Å². The van der Waals surface area contributed by atoms with Gasteiger partial charge in [-0.25, -0.2) is 4.90 Å². The van der Waals surface area contributed by atoms with Gasteiger partial charge in [0.2, 0.25) is 0 Å². The number of phenols is 1. The normalized spacial score (nSPS) is 13.3. The summed E-state index contributed by atoms with van der Waals surface area (Å²) in [5.41, 5.74) is 1.58. The number of nitrogens with zero attached hydrogens (tertiary/aromatic N) is 2. The van der Waals surface area contributed by atoms with Gasteiger partial charge in [0, 0.05) is 23.9 Å². The molecule has 5 nitrogen and oxygen atoms in total. The number of phenolic OH excluding ortho intramolecular Hbond substituents is 1. The molecular formula is C22H20N2O3. The molecule has 0 atom stereocenters. The Morgan fingerprint density at radius 1 is 0.815 bits per heavy atom. The largest absolute Gasteiger partial charge is 0.506 e. The first-order valence-corrected chi connectivity index (χ1v) is 9.06. The number of hydrogen-bond donors (Lipinski definition) is 1. The van der Waals surface area contributed by atoms with Gasteiger partial charge in [-0.1, -0.05) is 42.5 Å². The maximum atomic E-state index is 13.3. The molecule has 0 fully saturated rings. The average molecular weight is 360 g/mol. The third-order valence-electron chi connectivity index (χ3n) is 5.09. The van der Waals surface area contributed by atoms with Crippen molar-refractivity contribution in [3.63, 3.8) is 0 Å². The molecule has 0 saturated carbocycles. The standard InChI is InChI=1S/C22H20N2O3/c1-3-23(4-2)19-15-12-8-9-13-16(15)20(25)18-17(19)21(26)24(22(18)27)14-10-6-5-7-11-14/h5-13,25H,3-4H2,1-2H3. The van der Waals surface area contributed by atoms with Gasteiger partial charge in [-0.15, -0.1) is 0 Å². The number of imide groups is 1. The van der Waals surface area contributed by atoms with Gasteiger partial charge in [0.25, 0.3) is 11.8 Å². The Bertz CT molecular complexity index is 1060. The number of aromatic hydroxyl groups is 1. The summed E-state index contributed by atoms with van der Waals surface area (Å²) >= 11 is 0. The van der Waals surface area contributed by atoms with Gasteiger partial charge in [-0.3, -0.25) is 9.59 Å². The highest BCUT2D eigenvalue weighted by molar-refractivity contribution is 6.39. The first kappa shape index (κ1) is 17.1. The molecule has 3 aromatic rings. The lowest BCUT2D eigenvalue weighted by molar-refractivity contribution is 0.0926. The van der Waals surface area contributed by atoms with E-state index in [0.717, 1.165) is 10.3 Å². The maximum Gasteiger partial charge on any atom is 0.270 e. The van der Waals surface area contributed by atoms with Gasteiger partial charge in [0.05, 0.1) is 22.5 Å². The van der Waals surface area contributed by atoms with E-state index in [1.54, 1.807) is 30.3 Å². The average Bonchev–Trinajstić information content (AvgIpc) is 2.96. The molecule has 136 valence electrons. The Morgan fingerprint density at radius 2 is 1.37 bits per heavy atom. The van der Waals surface area contributed by atoms with Crippen molar-refractivity contribution in [1.82, 2.24) is 0 Å². The first-order chi connectivity index (χ1) is 13.1. The van der Waals surface area contributed by atoms with Crippen LogP contribution >= 0.6 is 0 Å². The fraction of sp³-hybridized carbons (Fsp3) is 0.182. The summed E-state index contributed by atoms with van der Waals surface area (Å²) in [6.45, 7) is 5.39. The van der Waals surface area contributed by atoms with Gasteiger partial charge in [-0.2, -0.15) is 0 Å². The third kappa shape index (κ3) is 2.39. The van der Waals surface area contributed by atoms with Crippen LogP contribution in [0.3, 0.4) is 0 Å². The molecule has 3 aromatic carbocycles. The molecule has 0 aromatic heterocycles. The van der Waals surface area contributed by atoms with Crippen LogP contribution in [0.25, 0.3) is 10.8 Å². The van der Waals surface area contributed by atoms with E-state index in [9.17, 15) is 14.7 Å². The van der Waals surface area contributed by atoms with Crippen LogP contribution in [0.2, 0.25) is 0 Å². The Balaban J connectivity index is 2.07. The van der Waals surface area contributed by atoms with Crippen LogP contribution in [0.4, 0.5) is 11.4 Å². The fourth-order valence-electron chi connectivity index (χ4n) is 3.81. The molecule has 0 aliphatic carbocycles. The summed E-state index contributed by atoms with van der Waals surface area (Å²) in [6, 6.07) is 16.2. The second-order valence-corrected chi connectivity index (χ2v) is 6.45. The molecule has 2 amide bonds. The monoisotopic (exact) mass is 360 g/mol. The molecule has 0 radical (unpaired) electrons. The number of fused-ring (bicyclic) bond motifs is 2. The van der Waals surface area contributed by atoms with Crippen molar-refractivity contribution in [2.75, 3.05) is 22.9 Å². The molecule has 0 bridgehead atoms. The van der Waals surface area contributed by atoms with E-state index in [-0.39, 0.29) is 16.9 Å². The van der Waals surface area contributed by atoms with Crippen LogP contribution in [0, 0.1) is 0 Å². The minimum atomic E-state index is -0.488. The third-order valence-corrected chi connectivity index (χ3v) is 5.09. The van der Waals surface area contributed by atoms with E-state index >= 15 is 0 Å². The topological polar surface area (TPSA) is 60.9 Å². The number of benzene rings is 3. The number of para-hydroxylation sites is 1. The molecule has 1 N–H and O–H groups in total. The SMILES string of the molecule is CCN(CC)c1c2c(c(O)c3ccccc13)C(=O)N(c1ccccc1)C2=O. The second-order valence-electron chi connectivity index (χ2n) is 6.45. The molecular weight excluding hydrogens is 340 g/mol. The van der Waals surface area contributed by atoms with Gasteiger partial charge in [0.15, 0.2) is 0 Å². The van der Waals surface area contributed by atoms with Crippen molar-refractivity contribution in [3.8, 4) is 5.75 Å². The molecule has 1 aliphatic heterocycles. The van der Waals surface area contributed by atoms with Crippen LogP contribution in [0.5, 0.6) is 5.75 Å². The Kier molecular flexibility index (Phi) is 4.07. The molecule has 0 saturated heterocycles. The number of hydrogen-bond acceptors (Lipinski definition) is 4. The van der Waals surface area contributed by atoms with Crippen molar-refractivity contribution < 1.29 is 14.7 Å². The van der Waals surface area contributed by atoms with Crippen molar-refractivity contribution >= 4 is 34.0 Å². The zero-order chi connectivity index (χ0) is 19.1. The Hall–Kier alpha value is -3.34. The second kappa shape index (κ2) is 6.43. The first-order valence-electron chi connectivity index (χ1n) is 9.06. The van der Waals surface area contributed by atoms with E-state index in [0.29, 0.717) is 29.9 Å². The van der Waals surface area contributed by atoms with Crippen LogP contribution in [0.15, 0.2) is 54.6 Å². The van der Waals surface area contributed by atoms with E-state index < -0.39 is 11.8 Å². The highest BCUT2D eigenvalue weighted by Crippen LogP contribution is 2.45. The van der Waals surface area contributed by atoms with Crippen LogP contribution in [-0.2, 0) is 0 Å². The Labute approximate surface area is 157 Å². The van der Waals surface area contributed by atoms with Gasteiger partial charge in [-0.05, 0) is 26.0 Å². The minimum absolute atomic E-state index is 0.0875. The molecule has 1 heterocycles. The predicted octanol–water partition coefficient (Wildman–Crippen LogP) is 4.19.